The number of alkyl halides is 4. The van der Waals surface area contributed by atoms with Gasteiger partial charge >= 0.3 is 23.8 Å². The van der Waals surface area contributed by atoms with E-state index in [0.29, 0.717) is 0 Å². The van der Waals surface area contributed by atoms with Gasteiger partial charge in [-0.1, -0.05) is 0 Å². The van der Waals surface area contributed by atoms with E-state index in [1.165, 1.54) is 28.1 Å². The maximum absolute atomic E-state index is 14.6. The van der Waals surface area contributed by atoms with Crippen LogP contribution in [0.15, 0.2) is 0 Å². The fourth-order valence-corrected chi connectivity index (χ4v) is 6.22. The van der Waals surface area contributed by atoms with Crippen molar-refractivity contribution in [1.29, 1.82) is 0 Å². The van der Waals surface area contributed by atoms with Crippen molar-refractivity contribution in [2.45, 2.75) is 149 Å². The van der Waals surface area contributed by atoms with Gasteiger partial charge in [0.15, 0.2) is 12.1 Å². The number of ether oxygens (including phenoxy) is 4. The number of amides is 4. The fourth-order valence-electron chi connectivity index (χ4n) is 6.22. The molecule has 0 radical (unpaired) electrons. The maximum atomic E-state index is 14.6. The molecule has 32 heteroatoms. The molecule has 4 amide bonds. The number of methoxy groups -OCH3 is 2. The molecule has 68 heavy (non-hydrogen) atoms. The van der Waals surface area contributed by atoms with Gasteiger partial charge in [-0.25, -0.2) is 9.59 Å². The summed E-state index contributed by atoms with van der Waals surface area (Å²) in [4.78, 5) is 70.4. The van der Waals surface area contributed by atoms with Crippen LogP contribution in [0.2, 0.25) is 0 Å². The second-order valence-corrected chi connectivity index (χ2v) is 15.5. The third kappa shape index (κ3) is 16.3. The Bertz CT molecular complexity index is 1640. The molecule has 0 spiro atoms. The largest absolute Gasteiger partial charge is 1.00 e. The van der Waals surface area contributed by atoms with Crippen LogP contribution in [-0.4, -0.2) is 224 Å². The van der Waals surface area contributed by atoms with Gasteiger partial charge in [0.2, 0.25) is 0 Å². The Morgan fingerprint density at radius 1 is 0.662 bits per heavy atom. The number of hydrogen-bond acceptors (Lipinski definition) is 20. The SMILES string of the molecule is COC(=O)[C@H](C)NC(=O)[C@@H]([NH3+])CCCCNC(=O)C(F)(F)[C@]1(O)O[C@@H]([C@@H](O)CO)[C@@H](O)[C@H]1O.COC(=O)[C@H](C)NC(=O)[C@@H]([NH3+])CCCCNC(=O)C(F)(F)[C@]1(O)O[C@H](CO)[C@H](O)[C@H](O)[C@H]1O.[Cl-].[Cl-]. The number of rotatable bonds is 23. The van der Waals surface area contributed by atoms with E-state index in [0.717, 1.165) is 0 Å². The van der Waals surface area contributed by atoms with Gasteiger partial charge in [-0.3, -0.25) is 19.2 Å². The lowest BCUT2D eigenvalue weighted by atomic mass is 9.88. The molecule has 2 rings (SSSR count). The summed E-state index contributed by atoms with van der Waals surface area (Å²) in [7, 11) is 2.34. The van der Waals surface area contributed by atoms with Crippen molar-refractivity contribution < 1.29 is 153 Å². The number of nitrogens with one attached hydrogen (secondary N) is 4. The molecule has 20 N–H and O–H groups in total. The first kappa shape index (κ1) is 66.6. The van der Waals surface area contributed by atoms with Crippen molar-refractivity contribution in [3.8, 4) is 0 Å². The van der Waals surface area contributed by atoms with Gasteiger partial charge in [-0.15, -0.1) is 0 Å². The Kier molecular flexibility index (Phi) is 28.5. The van der Waals surface area contributed by atoms with Crippen LogP contribution in [0.1, 0.15) is 52.4 Å². The number of unbranched alkanes of at least 4 members (excludes halogenated alkanes) is 2. The second kappa shape index (κ2) is 29.0. The van der Waals surface area contributed by atoms with Gasteiger partial charge in [0.05, 0.1) is 27.4 Å². The number of aliphatic hydroxyl groups is 10. The zero-order valence-corrected chi connectivity index (χ0v) is 38.7. The molecule has 2 heterocycles. The normalized spacial score (nSPS) is 28.0. The lowest BCUT2D eigenvalue weighted by Gasteiger charge is -2.47. The zero-order chi connectivity index (χ0) is 51.1. The number of carbonyl (C=O) groups is 6. The minimum Gasteiger partial charge on any atom is -1.00 e. The lowest BCUT2D eigenvalue weighted by molar-refractivity contribution is -0.405. The number of esters is 2. The van der Waals surface area contributed by atoms with Crippen molar-refractivity contribution in [1.82, 2.24) is 21.3 Å². The van der Waals surface area contributed by atoms with Crippen molar-refractivity contribution in [3.05, 3.63) is 0 Å². The van der Waals surface area contributed by atoms with E-state index in [4.69, 9.17) is 10.2 Å². The van der Waals surface area contributed by atoms with E-state index >= 15 is 0 Å². The van der Waals surface area contributed by atoms with Crippen LogP contribution in [0.4, 0.5) is 17.6 Å². The van der Waals surface area contributed by atoms with E-state index in [-0.39, 0.29) is 76.4 Å². The van der Waals surface area contributed by atoms with Crippen molar-refractivity contribution in [2.75, 3.05) is 40.5 Å². The van der Waals surface area contributed by atoms with Crippen molar-refractivity contribution in [3.63, 3.8) is 0 Å². The highest BCUT2D eigenvalue weighted by molar-refractivity contribution is 5.87. The lowest BCUT2D eigenvalue weighted by Crippen LogP contribution is -3.00. The Morgan fingerprint density at radius 3 is 1.38 bits per heavy atom. The summed E-state index contributed by atoms with van der Waals surface area (Å²) in [5.74, 6) is -23.6. The second-order valence-electron chi connectivity index (χ2n) is 15.5. The Hall–Kier alpha value is -3.44. The van der Waals surface area contributed by atoms with Crippen LogP contribution in [-0.2, 0) is 47.7 Å². The highest BCUT2D eigenvalue weighted by Gasteiger charge is 2.71. The molecular formula is C36H64Cl2F4N6O20. The Morgan fingerprint density at radius 2 is 1.03 bits per heavy atom. The molecule has 2 saturated heterocycles. The first-order chi connectivity index (χ1) is 30.5. The third-order valence-electron chi connectivity index (χ3n) is 10.5. The summed E-state index contributed by atoms with van der Waals surface area (Å²) in [5.41, 5.74) is 7.28. The number of halogens is 6. The molecule has 2 fully saturated rings. The number of hydrogen-bond donors (Lipinski definition) is 16. The highest BCUT2D eigenvalue weighted by Crippen LogP contribution is 2.42. The first-order valence-corrected chi connectivity index (χ1v) is 20.3. The quantitative estimate of drug-likeness (QED) is 0.0257. The molecule has 14 atom stereocenters. The maximum Gasteiger partial charge on any atom is 0.379 e. The van der Waals surface area contributed by atoms with E-state index in [9.17, 15) is 87.2 Å². The van der Waals surface area contributed by atoms with Crippen LogP contribution in [0.25, 0.3) is 0 Å². The number of quaternary nitrogens is 2. The molecule has 0 aromatic carbocycles. The number of aliphatic hydroxyl groups excluding tert-OH is 8. The molecule has 26 nitrogen and oxygen atoms in total. The summed E-state index contributed by atoms with van der Waals surface area (Å²) >= 11 is 0. The van der Waals surface area contributed by atoms with Crippen molar-refractivity contribution in [2.24, 2.45) is 0 Å². The van der Waals surface area contributed by atoms with Gasteiger partial charge in [0, 0.05) is 25.9 Å². The standard InChI is InChI=1S/2C18H31F2N3O10.2ClH/c1-8(15(29)32-2)23-14(28)9(21)5-3-4-6-22-16(30)17(19,20)18(31)13(27)11(26)12(33-18)10(25)7-24;1-8(15(29)32-2)23-14(28)9(21)5-3-4-6-22-16(30)17(19,20)18(31)13(27)12(26)11(25)10(7-24)33-18;;/h2*8-13,24-27,31H,3-7,21H2,1-2H3,(H,22,30)(H,23,28);2*1H/t8-,9-,10-,11+,12-,13+,18+;8-,9-,10+,11-,12-,13+,18+;;/m00../s1. The zero-order valence-electron chi connectivity index (χ0n) is 37.2. The molecular weight excluding hydrogens is 983 g/mol. The van der Waals surface area contributed by atoms with E-state index in [1.54, 1.807) is 0 Å². The minimum atomic E-state index is -4.76. The van der Waals surface area contributed by atoms with Gasteiger partial charge in [0.25, 0.3) is 35.2 Å². The molecule has 0 aromatic rings. The van der Waals surface area contributed by atoms with Gasteiger partial charge in [0.1, 0.15) is 60.9 Å². The fraction of sp³-hybridized carbons (Fsp3) is 0.833. The number of carbonyl (C=O) groups excluding carboxylic acids is 6. The summed E-state index contributed by atoms with van der Waals surface area (Å²) < 4.78 is 76.2. The molecule has 400 valence electrons. The van der Waals surface area contributed by atoms with Crippen molar-refractivity contribution >= 4 is 35.6 Å². The van der Waals surface area contributed by atoms with Gasteiger partial charge in [-0.2, -0.15) is 17.6 Å². The smallest absolute Gasteiger partial charge is 0.379 e. The van der Waals surface area contributed by atoms with E-state index in [2.05, 4.69) is 41.0 Å². The van der Waals surface area contributed by atoms with E-state index in [1.807, 2.05) is 10.6 Å². The summed E-state index contributed by atoms with van der Waals surface area (Å²) in [5, 5.41) is 105. The minimum absolute atomic E-state index is 0. The summed E-state index contributed by atoms with van der Waals surface area (Å²) in [6.07, 6.45) is -16.4. The molecule has 0 aliphatic carbocycles. The molecule has 2 aliphatic heterocycles. The van der Waals surface area contributed by atoms with Crippen LogP contribution < -0.4 is 57.5 Å². The molecule has 0 bridgehead atoms. The molecule has 0 aromatic heterocycles. The van der Waals surface area contributed by atoms with Crippen LogP contribution >= 0.6 is 0 Å². The van der Waals surface area contributed by atoms with Crippen LogP contribution in [0.5, 0.6) is 0 Å². The Labute approximate surface area is 398 Å². The predicted octanol–water partition coefficient (Wildman–Crippen LogP) is -15.3. The monoisotopic (exact) mass is 1050 g/mol. The van der Waals surface area contributed by atoms with Crippen LogP contribution in [0.3, 0.4) is 0 Å². The first-order valence-electron chi connectivity index (χ1n) is 20.3. The topological polar surface area (TPSA) is 445 Å². The third-order valence-corrected chi connectivity index (χ3v) is 10.5. The predicted molar refractivity (Wildman–Crippen MR) is 206 cm³/mol. The molecule has 0 saturated carbocycles. The molecule has 2 aliphatic rings. The molecule has 0 unspecified atom stereocenters. The Balaban J connectivity index is 0. The van der Waals surface area contributed by atoms with Gasteiger partial charge in [-0.05, 0) is 39.5 Å². The highest BCUT2D eigenvalue weighted by atomic mass is 35.5. The van der Waals surface area contributed by atoms with Crippen LogP contribution in [0, 0.1) is 0 Å². The average Bonchev–Trinajstić information content (AvgIpc) is 3.52. The summed E-state index contributed by atoms with van der Waals surface area (Å²) in [6, 6.07) is -3.26. The average molecular weight is 1050 g/mol. The van der Waals surface area contributed by atoms with E-state index < -0.39 is 145 Å². The van der Waals surface area contributed by atoms with Gasteiger partial charge < -0.3 is 128 Å². The summed E-state index contributed by atoms with van der Waals surface area (Å²) in [6.45, 7) is 0.158.